The predicted octanol–water partition coefficient (Wildman–Crippen LogP) is 3.62. The lowest BCUT2D eigenvalue weighted by molar-refractivity contribution is 0.198. The molecule has 0 aliphatic rings. The summed E-state index contributed by atoms with van der Waals surface area (Å²) in [6.07, 6.45) is 0.670. The first-order valence-corrected chi connectivity index (χ1v) is 8.55. The monoisotopic (exact) mass is 360 g/mol. The molecule has 1 N–H and O–H groups in total. The summed E-state index contributed by atoms with van der Waals surface area (Å²) >= 11 is 0. The van der Waals surface area contributed by atoms with Gasteiger partial charge < -0.3 is 19.7 Å². The maximum absolute atomic E-state index is 13.3. The van der Waals surface area contributed by atoms with Crippen molar-refractivity contribution in [2.75, 3.05) is 27.3 Å². The second kappa shape index (κ2) is 9.65. The van der Waals surface area contributed by atoms with Gasteiger partial charge >= 0.3 is 6.03 Å². The number of benzene rings is 2. The van der Waals surface area contributed by atoms with Gasteiger partial charge in [-0.05, 0) is 48.7 Å². The van der Waals surface area contributed by atoms with Gasteiger partial charge in [0.2, 0.25) is 0 Å². The second-order valence-corrected chi connectivity index (χ2v) is 5.82. The highest BCUT2D eigenvalue weighted by molar-refractivity contribution is 5.74. The van der Waals surface area contributed by atoms with Crippen LogP contribution >= 0.6 is 0 Å². The van der Waals surface area contributed by atoms with E-state index in [4.69, 9.17) is 9.47 Å². The number of rotatable bonds is 8. The van der Waals surface area contributed by atoms with Crippen LogP contribution in [0.25, 0.3) is 0 Å². The Morgan fingerprint density at radius 3 is 2.50 bits per heavy atom. The summed E-state index contributed by atoms with van der Waals surface area (Å²) in [5.74, 6) is 1.04. The molecule has 0 spiro atoms. The Morgan fingerprint density at radius 1 is 1.08 bits per heavy atom. The van der Waals surface area contributed by atoms with Crippen LogP contribution in [0.3, 0.4) is 0 Å². The molecule has 0 aromatic heterocycles. The molecule has 140 valence electrons. The Balaban J connectivity index is 1.88. The van der Waals surface area contributed by atoms with Crippen molar-refractivity contribution in [3.63, 3.8) is 0 Å². The molecule has 5 nitrogen and oxygen atoms in total. The van der Waals surface area contributed by atoms with Gasteiger partial charge in [-0.15, -0.1) is 0 Å². The number of hydrogen-bond acceptors (Lipinski definition) is 3. The van der Waals surface area contributed by atoms with E-state index in [0.29, 0.717) is 37.6 Å². The molecule has 0 aliphatic heterocycles. The van der Waals surface area contributed by atoms with Crippen molar-refractivity contribution in [3.05, 3.63) is 59.4 Å². The quantitative estimate of drug-likeness (QED) is 0.782. The smallest absolute Gasteiger partial charge is 0.317 e. The van der Waals surface area contributed by atoms with Gasteiger partial charge in [-0.1, -0.05) is 18.2 Å². The van der Waals surface area contributed by atoms with Crippen molar-refractivity contribution in [1.29, 1.82) is 0 Å². The standard InChI is InChI=1S/C20H25FN2O3/c1-4-23(14-16-6-5-7-17(21)12-16)20(24)22-11-10-15-8-9-18(25-2)19(13-15)26-3/h5-9,12-13H,4,10-11,14H2,1-3H3,(H,22,24). The summed E-state index contributed by atoms with van der Waals surface area (Å²) < 4.78 is 23.8. The minimum absolute atomic E-state index is 0.169. The number of carbonyl (C=O) groups excluding carboxylic acids is 1. The lowest BCUT2D eigenvalue weighted by Gasteiger charge is -2.21. The molecule has 0 aliphatic carbocycles. The predicted molar refractivity (Wildman–Crippen MR) is 99.1 cm³/mol. The van der Waals surface area contributed by atoms with Gasteiger partial charge in [0.15, 0.2) is 11.5 Å². The fraction of sp³-hybridized carbons (Fsp3) is 0.350. The molecule has 2 rings (SSSR count). The fourth-order valence-electron chi connectivity index (χ4n) is 2.64. The van der Waals surface area contributed by atoms with E-state index in [2.05, 4.69) is 5.32 Å². The molecule has 0 saturated heterocycles. The van der Waals surface area contributed by atoms with Crippen molar-refractivity contribution in [1.82, 2.24) is 10.2 Å². The summed E-state index contributed by atoms with van der Waals surface area (Å²) in [7, 11) is 3.19. The summed E-state index contributed by atoms with van der Waals surface area (Å²) in [5, 5.41) is 2.90. The summed E-state index contributed by atoms with van der Waals surface area (Å²) in [4.78, 5) is 14.0. The topological polar surface area (TPSA) is 50.8 Å². The number of nitrogens with zero attached hydrogens (tertiary/aromatic N) is 1. The maximum atomic E-state index is 13.3. The van der Waals surface area contributed by atoms with E-state index in [-0.39, 0.29) is 11.8 Å². The van der Waals surface area contributed by atoms with Gasteiger partial charge in [-0.2, -0.15) is 0 Å². The first kappa shape index (κ1) is 19.6. The lowest BCUT2D eigenvalue weighted by Crippen LogP contribution is -2.40. The molecular weight excluding hydrogens is 335 g/mol. The molecule has 2 aromatic rings. The van der Waals surface area contributed by atoms with Crippen LogP contribution in [-0.2, 0) is 13.0 Å². The van der Waals surface area contributed by atoms with E-state index >= 15 is 0 Å². The van der Waals surface area contributed by atoms with E-state index in [1.54, 1.807) is 25.2 Å². The first-order valence-electron chi connectivity index (χ1n) is 8.55. The molecule has 2 aromatic carbocycles. The Labute approximate surface area is 153 Å². The van der Waals surface area contributed by atoms with Gasteiger partial charge in [0.05, 0.1) is 14.2 Å². The highest BCUT2D eigenvalue weighted by Crippen LogP contribution is 2.27. The van der Waals surface area contributed by atoms with Crippen molar-refractivity contribution in [3.8, 4) is 11.5 Å². The molecule has 0 bridgehead atoms. The van der Waals surface area contributed by atoms with E-state index in [9.17, 15) is 9.18 Å². The molecule has 0 unspecified atom stereocenters. The number of nitrogens with one attached hydrogen (secondary N) is 1. The molecule has 0 heterocycles. The molecule has 26 heavy (non-hydrogen) atoms. The molecule has 0 radical (unpaired) electrons. The summed E-state index contributed by atoms with van der Waals surface area (Å²) in [6.45, 7) is 3.30. The summed E-state index contributed by atoms with van der Waals surface area (Å²) in [5.41, 5.74) is 1.80. The van der Waals surface area contributed by atoms with Gasteiger partial charge in [0, 0.05) is 19.6 Å². The van der Waals surface area contributed by atoms with E-state index in [0.717, 1.165) is 11.1 Å². The number of carbonyl (C=O) groups is 1. The third-order valence-corrected chi connectivity index (χ3v) is 4.07. The Bertz CT molecular complexity index is 737. The fourth-order valence-corrected chi connectivity index (χ4v) is 2.64. The third-order valence-electron chi connectivity index (χ3n) is 4.07. The highest BCUT2D eigenvalue weighted by atomic mass is 19.1. The van der Waals surface area contributed by atoms with Crippen LogP contribution in [0.1, 0.15) is 18.1 Å². The number of hydrogen-bond donors (Lipinski definition) is 1. The highest BCUT2D eigenvalue weighted by Gasteiger charge is 2.12. The van der Waals surface area contributed by atoms with Crippen molar-refractivity contribution in [2.45, 2.75) is 19.9 Å². The molecule has 0 atom stereocenters. The van der Waals surface area contributed by atoms with Crippen LogP contribution in [0, 0.1) is 5.82 Å². The van der Waals surface area contributed by atoms with Crippen molar-refractivity contribution < 1.29 is 18.7 Å². The number of amides is 2. The number of methoxy groups -OCH3 is 2. The van der Waals surface area contributed by atoms with Gasteiger partial charge in [0.25, 0.3) is 0 Å². The largest absolute Gasteiger partial charge is 0.493 e. The number of halogens is 1. The molecule has 0 fully saturated rings. The van der Waals surface area contributed by atoms with Crippen molar-refractivity contribution in [2.24, 2.45) is 0 Å². The zero-order valence-corrected chi connectivity index (χ0v) is 15.4. The third kappa shape index (κ3) is 5.37. The van der Waals surface area contributed by atoms with Crippen molar-refractivity contribution >= 4 is 6.03 Å². The van der Waals surface area contributed by atoms with E-state index in [1.165, 1.54) is 12.1 Å². The van der Waals surface area contributed by atoms with Crippen LogP contribution in [0.2, 0.25) is 0 Å². The molecule has 0 saturated carbocycles. The van der Waals surface area contributed by atoms with Gasteiger partial charge in [0.1, 0.15) is 5.82 Å². The first-order chi connectivity index (χ1) is 12.6. The Morgan fingerprint density at radius 2 is 1.85 bits per heavy atom. The average Bonchev–Trinajstić information content (AvgIpc) is 2.65. The van der Waals surface area contributed by atoms with Crippen LogP contribution in [-0.4, -0.2) is 38.2 Å². The Kier molecular flexibility index (Phi) is 7.26. The SMILES string of the molecule is CCN(Cc1cccc(F)c1)C(=O)NCCc1ccc(OC)c(OC)c1. The average molecular weight is 360 g/mol. The molecule has 6 heteroatoms. The number of urea groups is 1. The minimum Gasteiger partial charge on any atom is -0.493 e. The molecule has 2 amide bonds. The minimum atomic E-state index is -0.299. The normalized spacial score (nSPS) is 10.3. The van der Waals surface area contributed by atoms with E-state index < -0.39 is 0 Å². The van der Waals surface area contributed by atoms with Gasteiger partial charge in [-0.3, -0.25) is 0 Å². The van der Waals surface area contributed by atoms with Crippen LogP contribution < -0.4 is 14.8 Å². The summed E-state index contributed by atoms with van der Waals surface area (Å²) in [6, 6.07) is 11.8. The zero-order chi connectivity index (χ0) is 18.9. The Hall–Kier alpha value is -2.76. The van der Waals surface area contributed by atoms with Gasteiger partial charge in [-0.25, -0.2) is 9.18 Å². The van der Waals surface area contributed by atoms with Crippen LogP contribution in [0.15, 0.2) is 42.5 Å². The lowest BCUT2D eigenvalue weighted by atomic mass is 10.1. The zero-order valence-electron chi connectivity index (χ0n) is 15.4. The number of ether oxygens (including phenoxy) is 2. The van der Waals surface area contributed by atoms with Crippen LogP contribution in [0.5, 0.6) is 11.5 Å². The van der Waals surface area contributed by atoms with E-state index in [1.807, 2.05) is 31.2 Å². The second-order valence-electron chi connectivity index (χ2n) is 5.82. The van der Waals surface area contributed by atoms with Crippen LogP contribution in [0.4, 0.5) is 9.18 Å². The molecular formula is C20H25FN2O3. The maximum Gasteiger partial charge on any atom is 0.317 e.